The zero-order valence-corrected chi connectivity index (χ0v) is 41.1. The smallest absolute Gasteiger partial charge is 0.164 e. The molecule has 9 heterocycles. The van der Waals surface area contributed by atoms with Crippen molar-refractivity contribution in [2.45, 2.75) is 34.1 Å². The van der Waals surface area contributed by atoms with Crippen molar-refractivity contribution in [3.63, 3.8) is 0 Å². The van der Waals surface area contributed by atoms with Gasteiger partial charge >= 0.3 is 0 Å². The maximum atomic E-state index is 4.86. The highest BCUT2D eigenvalue weighted by Gasteiger charge is 2.18. The summed E-state index contributed by atoms with van der Waals surface area (Å²) < 4.78 is 7.32. The van der Waals surface area contributed by atoms with Crippen LogP contribution in [0.25, 0.3) is 90.8 Å². The Hall–Kier alpha value is -8.81. The molecule has 0 aliphatic carbocycles. The summed E-state index contributed by atoms with van der Waals surface area (Å²) in [6.07, 6.45) is 13.8. The number of fused-ring (bicyclic) bond motifs is 3. The first-order valence-electron chi connectivity index (χ1n) is 23.1. The van der Waals surface area contributed by atoms with Gasteiger partial charge in [0.25, 0.3) is 0 Å². The van der Waals surface area contributed by atoms with Crippen LogP contribution < -0.4 is 0 Å². The summed E-state index contributed by atoms with van der Waals surface area (Å²) in [4.78, 5) is 41.2. The van der Waals surface area contributed by atoms with E-state index in [1.807, 2.05) is 142 Å². The molecule has 12 rings (SSSR count). The molecule has 9 aromatic heterocycles. The minimum atomic E-state index is 0.803. The number of nitrogens with zero attached hydrogens (tertiary/aromatic N) is 12. The van der Waals surface area contributed by atoms with Crippen LogP contribution in [0.3, 0.4) is 0 Å². The first-order chi connectivity index (χ1) is 34.7. The maximum absolute atomic E-state index is 4.86. The minimum absolute atomic E-state index is 0.803. The number of pyridine rings is 6. The third kappa shape index (κ3) is 9.76. The summed E-state index contributed by atoms with van der Waals surface area (Å²) in [6, 6.07) is 48.4. The summed E-state index contributed by atoms with van der Waals surface area (Å²) >= 11 is 3.51. The molecule has 0 N–H and O–H groups in total. The Morgan fingerprint density at radius 2 is 0.859 bits per heavy atom. The predicted molar refractivity (Wildman–Crippen MR) is 288 cm³/mol. The van der Waals surface area contributed by atoms with E-state index >= 15 is 0 Å². The van der Waals surface area contributed by atoms with Gasteiger partial charge in [0.1, 0.15) is 17.1 Å². The molecular weight excluding hydrogens is 945 g/mol. The highest BCUT2D eigenvalue weighted by atomic mass is 79.9. The van der Waals surface area contributed by atoms with Gasteiger partial charge in [-0.2, -0.15) is 0 Å². The number of aromatic nitrogens is 12. The molecule has 12 aromatic rings. The van der Waals surface area contributed by atoms with Gasteiger partial charge in [-0.1, -0.05) is 65.8 Å². The van der Waals surface area contributed by atoms with Crippen LogP contribution in [0, 0.1) is 20.8 Å². The fourth-order valence-corrected chi connectivity index (χ4v) is 8.53. The molecule has 12 nitrogen and oxygen atoms in total. The van der Waals surface area contributed by atoms with Crippen LogP contribution in [0.1, 0.15) is 35.1 Å². The average Bonchev–Trinajstić information content (AvgIpc) is 4.12. The topological polar surface area (TPSA) is 131 Å². The Kier molecular flexibility index (Phi) is 13.2. The fourth-order valence-electron chi connectivity index (χ4n) is 8.18. The van der Waals surface area contributed by atoms with E-state index in [0.717, 1.165) is 118 Å². The number of halogens is 1. The Morgan fingerprint density at radius 1 is 0.451 bits per heavy atom. The van der Waals surface area contributed by atoms with Crippen LogP contribution in [0.15, 0.2) is 194 Å². The van der Waals surface area contributed by atoms with E-state index in [0.29, 0.717) is 0 Å². The monoisotopic (exact) mass is 990 g/mol. The molecule has 0 bridgehead atoms. The van der Waals surface area contributed by atoms with Crippen molar-refractivity contribution in [1.29, 1.82) is 0 Å². The van der Waals surface area contributed by atoms with Gasteiger partial charge in [0, 0.05) is 40.1 Å². The molecular formula is C58H47BrN12. The molecule has 0 aliphatic rings. The molecule has 0 aliphatic heterocycles. The normalized spacial score (nSPS) is 11.0. The molecule has 346 valence electrons. The molecule has 0 saturated carbocycles. The minimum Gasteiger partial charge on any atom is -0.289 e. The van der Waals surface area contributed by atoms with E-state index in [1.165, 1.54) is 5.56 Å². The van der Waals surface area contributed by atoms with E-state index in [2.05, 4.69) is 122 Å². The highest BCUT2D eigenvalue weighted by Crippen LogP contribution is 2.32. The van der Waals surface area contributed by atoms with Gasteiger partial charge < -0.3 is 0 Å². The van der Waals surface area contributed by atoms with E-state index in [4.69, 9.17) is 15.0 Å². The van der Waals surface area contributed by atoms with Crippen LogP contribution in [0.5, 0.6) is 0 Å². The lowest BCUT2D eigenvalue weighted by molar-refractivity contribution is 1.05. The summed E-state index contributed by atoms with van der Waals surface area (Å²) in [7, 11) is 0. The van der Waals surface area contributed by atoms with Gasteiger partial charge in [-0.15, -0.1) is 0 Å². The SMILES string of the molecule is C=Cc1ccc2c(c1)nc(-c1ccccn1)n2-c1ccc(C)nc1.CCc1ccc2c(c1)nc(-c1ccccn1)n2-c1ccc(C)nc1.Cc1ccc(-n2c(-c3ccccn3)nc3cc(Br)ccc32)cn1. The molecule has 0 spiro atoms. The zero-order chi connectivity index (χ0) is 48.8. The molecule has 71 heavy (non-hydrogen) atoms. The molecule has 0 radical (unpaired) electrons. The fraction of sp³-hybridized carbons (Fsp3) is 0.0862. The lowest BCUT2D eigenvalue weighted by Crippen LogP contribution is -1.99. The maximum Gasteiger partial charge on any atom is 0.164 e. The Labute approximate surface area is 419 Å². The summed E-state index contributed by atoms with van der Waals surface area (Å²) in [5, 5.41) is 0. The lowest BCUT2D eigenvalue weighted by atomic mass is 10.1. The van der Waals surface area contributed by atoms with Gasteiger partial charge in [-0.05, 0) is 154 Å². The Morgan fingerprint density at radius 3 is 1.24 bits per heavy atom. The summed E-state index contributed by atoms with van der Waals surface area (Å²) in [5.74, 6) is 2.45. The van der Waals surface area contributed by atoms with E-state index in [1.54, 1.807) is 18.6 Å². The largest absolute Gasteiger partial charge is 0.289 e. The van der Waals surface area contributed by atoms with E-state index in [-0.39, 0.29) is 0 Å². The first-order valence-corrected chi connectivity index (χ1v) is 23.9. The first kappa shape index (κ1) is 45.9. The van der Waals surface area contributed by atoms with Crippen molar-refractivity contribution in [1.82, 2.24) is 58.6 Å². The quantitative estimate of drug-likeness (QED) is 0.146. The van der Waals surface area contributed by atoms with Crippen molar-refractivity contribution in [3.8, 4) is 51.6 Å². The van der Waals surface area contributed by atoms with Gasteiger partial charge in [0.2, 0.25) is 0 Å². The van der Waals surface area contributed by atoms with Crippen molar-refractivity contribution in [3.05, 3.63) is 222 Å². The number of benzene rings is 3. The third-order valence-corrected chi connectivity index (χ3v) is 12.3. The number of aryl methyl sites for hydroxylation is 4. The molecule has 0 amide bonds. The average molecular weight is 992 g/mol. The molecule has 3 aromatic carbocycles. The van der Waals surface area contributed by atoms with Crippen LogP contribution in [0.4, 0.5) is 0 Å². The number of hydrogen-bond acceptors (Lipinski definition) is 9. The van der Waals surface area contributed by atoms with Crippen molar-refractivity contribution in [2.24, 2.45) is 0 Å². The van der Waals surface area contributed by atoms with E-state index < -0.39 is 0 Å². The lowest BCUT2D eigenvalue weighted by Gasteiger charge is -2.09. The van der Waals surface area contributed by atoms with Crippen molar-refractivity contribution >= 4 is 55.1 Å². The highest BCUT2D eigenvalue weighted by molar-refractivity contribution is 9.10. The molecule has 13 heteroatoms. The molecule has 0 unspecified atom stereocenters. The zero-order valence-electron chi connectivity index (χ0n) is 39.6. The second-order valence-electron chi connectivity index (χ2n) is 16.7. The number of imidazole rings is 3. The van der Waals surface area contributed by atoms with Gasteiger partial charge in [0.15, 0.2) is 17.5 Å². The van der Waals surface area contributed by atoms with Crippen LogP contribution >= 0.6 is 15.9 Å². The number of hydrogen-bond donors (Lipinski definition) is 0. The Balaban J connectivity index is 0.000000123. The molecule has 0 saturated heterocycles. The van der Waals surface area contributed by atoms with Gasteiger partial charge in [-0.3, -0.25) is 43.6 Å². The Bertz CT molecular complexity index is 3770. The second kappa shape index (κ2) is 20.4. The third-order valence-electron chi connectivity index (χ3n) is 11.8. The van der Waals surface area contributed by atoms with Crippen LogP contribution in [0.2, 0.25) is 0 Å². The van der Waals surface area contributed by atoms with Crippen LogP contribution in [-0.2, 0) is 6.42 Å². The molecule has 0 fully saturated rings. The predicted octanol–water partition coefficient (Wildman–Crippen LogP) is 13.3. The van der Waals surface area contributed by atoms with E-state index in [9.17, 15) is 0 Å². The van der Waals surface area contributed by atoms with Crippen molar-refractivity contribution in [2.75, 3.05) is 0 Å². The summed E-state index contributed by atoms with van der Waals surface area (Å²) in [6.45, 7) is 11.9. The standard InChI is InChI=1S/C20H18N4.C20H16N4.C18H13BrN4/c2*1-3-15-8-10-19-18(12-15)23-20(17-6-4-5-11-21-17)24(19)16-9-7-14(2)22-13-16;1-12-5-7-14(11-21-12)23-17-8-6-13(19)10-16(17)22-18(23)15-4-2-3-9-20-15/h4-13H,3H2,1-2H3;3-13H,1H2,2H3;2-11H,1H3. The number of rotatable bonds is 8. The second-order valence-corrected chi connectivity index (χ2v) is 17.6. The molecule has 0 atom stereocenters. The van der Waals surface area contributed by atoms with Crippen LogP contribution in [-0.4, -0.2) is 58.6 Å². The van der Waals surface area contributed by atoms with Crippen molar-refractivity contribution < 1.29 is 0 Å². The van der Waals surface area contributed by atoms with Gasteiger partial charge in [-0.25, -0.2) is 15.0 Å². The summed E-state index contributed by atoms with van der Waals surface area (Å²) in [5.41, 5.74) is 16.7. The van der Waals surface area contributed by atoms with Gasteiger partial charge in [0.05, 0.1) is 68.8 Å².